The molecular formula is C16H24N2O2. The summed E-state index contributed by atoms with van der Waals surface area (Å²) >= 11 is 0. The topological polar surface area (TPSA) is 55.6 Å². The van der Waals surface area contributed by atoms with Crippen LogP contribution in [0.15, 0.2) is 18.2 Å². The minimum absolute atomic E-state index is 0.0628. The first kappa shape index (κ1) is 14.7. The van der Waals surface area contributed by atoms with Gasteiger partial charge in [-0.3, -0.25) is 4.79 Å². The standard InChI is InChI=1S/C16H24N2O2/c1-12-8-7-9-14(15(12)17)20-13(2)16(19)18-10-5-3-4-6-11-18/h7-9,13H,3-6,10-11,17H2,1-2H3. The van der Waals surface area contributed by atoms with Gasteiger partial charge in [-0.1, -0.05) is 25.0 Å². The van der Waals surface area contributed by atoms with Gasteiger partial charge in [-0.05, 0) is 38.3 Å². The Bertz CT molecular complexity index is 466. The lowest BCUT2D eigenvalue weighted by atomic mass is 10.2. The average molecular weight is 276 g/mol. The Hall–Kier alpha value is -1.71. The first-order valence-corrected chi connectivity index (χ1v) is 7.40. The van der Waals surface area contributed by atoms with Crippen molar-refractivity contribution in [2.45, 2.75) is 45.6 Å². The summed E-state index contributed by atoms with van der Waals surface area (Å²) in [4.78, 5) is 14.3. The number of hydrogen-bond acceptors (Lipinski definition) is 3. The summed E-state index contributed by atoms with van der Waals surface area (Å²) in [5, 5.41) is 0. The number of rotatable bonds is 3. The molecule has 1 fully saturated rings. The number of ether oxygens (including phenoxy) is 1. The van der Waals surface area contributed by atoms with Crippen molar-refractivity contribution in [1.82, 2.24) is 4.90 Å². The van der Waals surface area contributed by atoms with Crippen LogP contribution in [0.25, 0.3) is 0 Å². The van der Waals surface area contributed by atoms with Crippen molar-refractivity contribution in [3.63, 3.8) is 0 Å². The van der Waals surface area contributed by atoms with E-state index in [0.717, 1.165) is 31.5 Å². The number of anilines is 1. The van der Waals surface area contributed by atoms with Crippen LogP contribution < -0.4 is 10.5 Å². The Morgan fingerprint density at radius 1 is 1.25 bits per heavy atom. The van der Waals surface area contributed by atoms with Crippen LogP contribution in [0.4, 0.5) is 5.69 Å². The van der Waals surface area contributed by atoms with E-state index in [1.807, 2.05) is 30.0 Å². The van der Waals surface area contributed by atoms with Gasteiger partial charge in [0.1, 0.15) is 5.75 Å². The number of hydrogen-bond donors (Lipinski definition) is 1. The molecule has 0 aliphatic carbocycles. The third-order valence-electron chi connectivity index (χ3n) is 3.85. The third-order valence-corrected chi connectivity index (χ3v) is 3.85. The SMILES string of the molecule is Cc1cccc(OC(C)C(=O)N2CCCCCC2)c1N. The molecule has 110 valence electrons. The van der Waals surface area contributed by atoms with E-state index in [-0.39, 0.29) is 5.91 Å². The molecule has 1 unspecified atom stereocenters. The van der Waals surface area contributed by atoms with Crippen LogP contribution >= 0.6 is 0 Å². The number of amides is 1. The Balaban J connectivity index is 2.01. The number of likely N-dealkylation sites (tertiary alicyclic amines) is 1. The number of carbonyl (C=O) groups excluding carboxylic acids is 1. The Morgan fingerprint density at radius 2 is 1.90 bits per heavy atom. The molecule has 0 saturated carbocycles. The summed E-state index contributed by atoms with van der Waals surface area (Å²) in [6.45, 7) is 5.42. The fraction of sp³-hybridized carbons (Fsp3) is 0.562. The molecule has 20 heavy (non-hydrogen) atoms. The molecule has 1 aromatic rings. The molecule has 4 nitrogen and oxygen atoms in total. The highest BCUT2D eigenvalue weighted by atomic mass is 16.5. The number of para-hydroxylation sites is 1. The number of aryl methyl sites for hydroxylation is 1. The average Bonchev–Trinajstić information content (AvgIpc) is 2.72. The third kappa shape index (κ3) is 3.44. The van der Waals surface area contributed by atoms with Crippen molar-refractivity contribution in [2.75, 3.05) is 18.8 Å². The molecular weight excluding hydrogens is 252 g/mol. The molecule has 1 atom stereocenters. The number of nitrogens with zero attached hydrogens (tertiary/aromatic N) is 1. The Labute approximate surface area is 120 Å². The molecule has 2 rings (SSSR count). The highest BCUT2D eigenvalue weighted by Gasteiger charge is 2.23. The predicted molar refractivity (Wildman–Crippen MR) is 80.7 cm³/mol. The van der Waals surface area contributed by atoms with Gasteiger partial charge in [0, 0.05) is 13.1 Å². The first-order chi connectivity index (χ1) is 9.59. The van der Waals surface area contributed by atoms with E-state index in [1.54, 1.807) is 6.92 Å². The summed E-state index contributed by atoms with van der Waals surface area (Å²) in [5.41, 5.74) is 7.57. The largest absolute Gasteiger partial charge is 0.479 e. The summed E-state index contributed by atoms with van der Waals surface area (Å²) in [6, 6.07) is 5.64. The summed E-state index contributed by atoms with van der Waals surface area (Å²) in [7, 11) is 0. The van der Waals surface area contributed by atoms with Crippen LogP contribution in [0.3, 0.4) is 0 Å². The smallest absolute Gasteiger partial charge is 0.263 e. The van der Waals surface area contributed by atoms with Crippen LogP contribution in [0.2, 0.25) is 0 Å². The minimum Gasteiger partial charge on any atom is -0.479 e. The zero-order chi connectivity index (χ0) is 14.5. The molecule has 4 heteroatoms. The van der Waals surface area contributed by atoms with E-state index >= 15 is 0 Å². The van der Waals surface area contributed by atoms with Gasteiger partial charge >= 0.3 is 0 Å². The van der Waals surface area contributed by atoms with Crippen LogP contribution in [0.5, 0.6) is 5.75 Å². The molecule has 1 aliphatic rings. The summed E-state index contributed by atoms with van der Waals surface area (Å²) < 4.78 is 5.77. The monoisotopic (exact) mass is 276 g/mol. The lowest BCUT2D eigenvalue weighted by Gasteiger charge is -2.25. The molecule has 1 heterocycles. The molecule has 0 radical (unpaired) electrons. The molecule has 1 amide bonds. The Kier molecular flexibility index (Phi) is 4.88. The van der Waals surface area contributed by atoms with E-state index in [0.29, 0.717) is 11.4 Å². The Morgan fingerprint density at radius 3 is 2.55 bits per heavy atom. The quantitative estimate of drug-likeness (QED) is 0.864. The molecule has 2 N–H and O–H groups in total. The lowest BCUT2D eigenvalue weighted by molar-refractivity contribution is -0.137. The second-order valence-electron chi connectivity index (χ2n) is 5.49. The van der Waals surface area contributed by atoms with Crippen molar-refractivity contribution < 1.29 is 9.53 Å². The first-order valence-electron chi connectivity index (χ1n) is 7.40. The molecule has 0 bridgehead atoms. The lowest BCUT2D eigenvalue weighted by Crippen LogP contribution is -2.41. The van der Waals surface area contributed by atoms with Crippen molar-refractivity contribution in [2.24, 2.45) is 0 Å². The molecule has 1 aliphatic heterocycles. The van der Waals surface area contributed by atoms with Crippen molar-refractivity contribution >= 4 is 11.6 Å². The van der Waals surface area contributed by atoms with E-state index in [1.165, 1.54) is 12.8 Å². The molecule has 1 saturated heterocycles. The summed E-state index contributed by atoms with van der Waals surface area (Å²) in [5.74, 6) is 0.661. The maximum absolute atomic E-state index is 12.4. The number of nitrogens with two attached hydrogens (primary N) is 1. The fourth-order valence-corrected chi connectivity index (χ4v) is 2.55. The van der Waals surface area contributed by atoms with E-state index in [4.69, 9.17) is 10.5 Å². The predicted octanol–water partition coefficient (Wildman–Crippen LogP) is 2.75. The van der Waals surface area contributed by atoms with Gasteiger partial charge in [-0.25, -0.2) is 0 Å². The second-order valence-corrected chi connectivity index (χ2v) is 5.49. The molecule has 0 aromatic heterocycles. The van der Waals surface area contributed by atoms with E-state index in [9.17, 15) is 4.79 Å². The molecule has 1 aromatic carbocycles. The minimum atomic E-state index is -0.489. The highest BCUT2D eigenvalue weighted by molar-refractivity contribution is 5.81. The van der Waals surface area contributed by atoms with Crippen LogP contribution in [0.1, 0.15) is 38.2 Å². The van der Waals surface area contributed by atoms with Gasteiger partial charge < -0.3 is 15.4 Å². The van der Waals surface area contributed by atoms with Gasteiger partial charge in [0.25, 0.3) is 5.91 Å². The van der Waals surface area contributed by atoms with Crippen molar-refractivity contribution in [3.05, 3.63) is 23.8 Å². The normalized spacial score (nSPS) is 17.4. The highest BCUT2D eigenvalue weighted by Crippen LogP contribution is 2.25. The number of benzene rings is 1. The number of nitrogen functional groups attached to an aromatic ring is 1. The summed E-state index contributed by atoms with van der Waals surface area (Å²) in [6.07, 6.45) is 4.11. The van der Waals surface area contributed by atoms with Gasteiger partial charge in [-0.2, -0.15) is 0 Å². The van der Waals surface area contributed by atoms with Crippen molar-refractivity contribution in [3.8, 4) is 5.75 Å². The maximum atomic E-state index is 12.4. The maximum Gasteiger partial charge on any atom is 0.263 e. The van der Waals surface area contributed by atoms with Crippen LogP contribution in [-0.4, -0.2) is 30.0 Å². The van der Waals surface area contributed by atoms with Gasteiger partial charge in [-0.15, -0.1) is 0 Å². The van der Waals surface area contributed by atoms with E-state index in [2.05, 4.69) is 0 Å². The van der Waals surface area contributed by atoms with E-state index < -0.39 is 6.10 Å². The van der Waals surface area contributed by atoms with Crippen LogP contribution in [0, 0.1) is 6.92 Å². The van der Waals surface area contributed by atoms with Crippen LogP contribution in [-0.2, 0) is 4.79 Å². The van der Waals surface area contributed by atoms with Gasteiger partial charge in [0.05, 0.1) is 5.69 Å². The molecule has 0 spiro atoms. The second kappa shape index (κ2) is 6.64. The zero-order valence-electron chi connectivity index (χ0n) is 12.4. The van der Waals surface area contributed by atoms with Crippen molar-refractivity contribution in [1.29, 1.82) is 0 Å². The fourth-order valence-electron chi connectivity index (χ4n) is 2.55. The zero-order valence-corrected chi connectivity index (χ0v) is 12.4. The van der Waals surface area contributed by atoms with Gasteiger partial charge in [0.15, 0.2) is 6.10 Å². The number of carbonyl (C=O) groups is 1. The van der Waals surface area contributed by atoms with Gasteiger partial charge in [0.2, 0.25) is 0 Å².